The molecule has 29 heavy (non-hydrogen) atoms. The first-order chi connectivity index (χ1) is 13.1. The first kappa shape index (κ1) is 25.5. The second kappa shape index (κ2) is 12.9. The summed E-state index contributed by atoms with van der Waals surface area (Å²) in [6, 6.07) is 9.14. The number of hydrogen-bond donors (Lipinski definition) is 2. The predicted octanol–water partition coefficient (Wildman–Crippen LogP) is 5.12. The highest BCUT2D eigenvalue weighted by atomic mass is 35.5. The predicted molar refractivity (Wildman–Crippen MR) is 123 cm³/mol. The summed E-state index contributed by atoms with van der Waals surface area (Å²) in [7, 11) is 0. The molecule has 0 aliphatic carbocycles. The molecule has 1 fully saturated rings. The summed E-state index contributed by atoms with van der Waals surface area (Å²) in [6.45, 7) is 4.66. The highest BCUT2D eigenvalue weighted by Gasteiger charge is 2.22. The standard InChI is InChI=1S/C21H26ClN3O2.2ClH/c1-15(17-6-9-23-10-7-17)11-21(26)25-18-4-5-20(19(22)12-18)27-14-16-3-2-8-24-13-16;;/h2-5,8,12-13,15,17,23H,6-7,9-11,14H2,1H3,(H,25,26);2*1H. The van der Waals surface area contributed by atoms with Gasteiger partial charge in [-0.05, 0) is 62.0 Å². The monoisotopic (exact) mass is 459 g/mol. The molecule has 1 aromatic heterocycles. The molecule has 1 aromatic carbocycles. The Morgan fingerprint density at radius 3 is 2.72 bits per heavy atom. The Morgan fingerprint density at radius 2 is 2.07 bits per heavy atom. The minimum absolute atomic E-state index is 0. The van der Waals surface area contributed by atoms with Crippen LogP contribution in [0.3, 0.4) is 0 Å². The SMILES string of the molecule is CC(CC(=O)Nc1ccc(OCc2cccnc2)c(Cl)c1)C1CCNCC1.Cl.Cl. The number of ether oxygens (including phenoxy) is 1. The van der Waals surface area contributed by atoms with E-state index in [4.69, 9.17) is 16.3 Å². The van der Waals surface area contributed by atoms with Gasteiger partial charge in [-0.3, -0.25) is 9.78 Å². The van der Waals surface area contributed by atoms with E-state index < -0.39 is 0 Å². The molecule has 8 heteroatoms. The van der Waals surface area contributed by atoms with Crippen molar-refractivity contribution in [1.29, 1.82) is 0 Å². The van der Waals surface area contributed by atoms with Crippen molar-refractivity contribution in [1.82, 2.24) is 10.3 Å². The molecule has 0 saturated carbocycles. The normalized spacial score (nSPS) is 14.8. The molecule has 1 unspecified atom stereocenters. The van der Waals surface area contributed by atoms with Gasteiger partial charge in [0.1, 0.15) is 12.4 Å². The number of anilines is 1. The Hall–Kier alpha value is -1.53. The fourth-order valence-electron chi connectivity index (χ4n) is 3.42. The maximum atomic E-state index is 12.4. The topological polar surface area (TPSA) is 63.2 Å². The van der Waals surface area contributed by atoms with E-state index in [0.29, 0.717) is 41.3 Å². The number of piperidine rings is 1. The number of carbonyl (C=O) groups is 1. The lowest BCUT2D eigenvalue weighted by atomic mass is 9.84. The highest BCUT2D eigenvalue weighted by Crippen LogP contribution is 2.29. The van der Waals surface area contributed by atoms with Crippen LogP contribution in [0, 0.1) is 11.8 Å². The maximum Gasteiger partial charge on any atom is 0.224 e. The van der Waals surface area contributed by atoms with Gasteiger partial charge >= 0.3 is 0 Å². The fourth-order valence-corrected chi connectivity index (χ4v) is 3.66. The van der Waals surface area contributed by atoms with Crippen LogP contribution in [0.15, 0.2) is 42.7 Å². The largest absolute Gasteiger partial charge is 0.487 e. The van der Waals surface area contributed by atoms with Crippen molar-refractivity contribution < 1.29 is 9.53 Å². The number of aromatic nitrogens is 1. The summed E-state index contributed by atoms with van der Waals surface area (Å²) in [5.74, 6) is 1.61. The molecule has 0 radical (unpaired) electrons. The number of halogens is 3. The number of benzene rings is 1. The second-order valence-electron chi connectivity index (χ2n) is 7.11. The number of nitrogens with one attached hydrogen (secondary N) is 2. The molecule has 0 spiro atoms. The summed E-state index contributed by atoms with van der Waals surface area (Å²) in [6.07, 6.45) is 6.29. The van der Waals surface area contributed by atoms with E-state index in [1.165, 1.54) is 0 Å². The van der Waals surface area contributed by atoms with Gasteiger partial charge < -0.3 is 15.4 Å². The number of amides is 1. The highest BCUT2D eigenvalue weighted by molar-refractivity contribution is 6.32. The average Bonchev–Trinajstić information content (AvgIpc) is 2.68. The fraction of sp³-hybridized carbons (Fsp3) is 0.429. The van der Waals surface area contributed by atoms with E-state index in [1.807, 2.05) is 18.2 Å². The molecule has 1 atom stereocenters. The van der Waals surface area contributed by atoms with Crippen LogP contribution < -0.4 is 15.4 Å². The molecule has 2 N–H and O–H groups in total. The van der Waals surface area contributed by atoms with Crippen LogP contribution in [-0.4, -0.2) is 24.0 Å². The Morgan fingerprint density at radius 1 is 1.31 bits per heavy atom. The zero-order valence-electron chi connectivity index (χ0n) is 16.4. The maximum absolute atomic E-state index is 12.4. The number of nitrogens with zero attached hydrogens (tertiary/aromatic N) is 1. The van der Waals surface area contributed by atoms with Gasteiger partial charge in [-0.15, -0.1) is 24.8 Å². The van der Waals surface area contributed by atoms with Gasteiger partial charge in [0.15, 0.2) is 0 Å². The van der Waals surface area contributed by atoms with E-state index in [1.54, 1.807) is 24.5 Å². The molecule has 1 amide bonds. The Kier molecular flexibility index (Phi) is 11.4. The zero-order valence-corrected chi connectivity index (χ0v) is 18.8. The molecule has 0 bridgehead atoms. The smallest absolute Gasteiger partial charge is 0.224 e. The molecule has 1 aliphatic rings. The number of hydrogen-bond acceptors (Lipinski definition) is 4. The third-order valence-electron chi connectivity index (χ3n) is 5.03. The van der Waals surface area contributed by atoms with Crippen LogP contribution in [0.1, 0.15) is 31.7 Å². The van der Waals surface area contributed by atoms with E-state index in [-0.39, 0.29) is 30.7 Å². The van der Waals surface area contributed by atoms with Crippen molar-refractivity contribution in [3.05, 3.63) is 53.3 Å². The van der Waals surface area contributed by atoms with Gasteiger partial charge in [-0.1, -0.05) is 24.6 Å². The molecular formula is C21H28Cl3N3O2. The summed E-state index contributed by atoms with van der Waals surface area (Å²) in [5, 5.41) is 6.79. The molecule has 2 heterocycles. The van der Waals surface area contributed by atoms with Crippen molar-refractivity contribution in [3.8, 4) is 5.75 Å². The van der Waals surface area contributed by atoms with E-state index in [0.717, 1.165) is 31.5 Å². The van der Waals surface area contributed by atoms with Crippen LogP contribution in [0.5, 0.6) is 5.75 Å². The Balaban J connectivity index is 0.00000210. The van der Waals surface area contributed by atoms with E-state index in [9.17, 15) is 4.79 Å². The van der Waals surface area contributed by atoms with Crippen molar-refractivity contribution in [3.63, 3.8) is 0 Å². The average molecular weight is 461 g/mol. The number of carbonyl (C=O) groups excluding carboxylic acids is 1. The van der Waals surface area contributed by atoms with Gasteiger partial charge in [0, 0.05) is 30.1 Å². The number of pyridine rings is 1. The summed E-state index contributed by atoms with van der Waals surface area (Å²) < 4.78 is 5.74. The molecule has 1 aliphatic heterocycles. The van der Waals surface area contributed by atoms with Crippen molar-refractivity contribution >= 4 is 48.0 Å². The van der Waals surface area contributed by atoms with E-state index >= 15 is 0 Å². The van der Waals surface area contributed by atoms with Gasteiger partial charge in [0.2, 0.25) is 5.91 Å². The minimum Gasteiger partial charge on any atom is -0.487 e. The van der Waals surface area contributed by atoms with Gasteiger partial charge in [-0.25, -0.2) is 0 Å². The lowest BCUT2D eigenvalue weighted by Gasteiger charge is -2.27. The van der Waals surface area contributed by atoms with Crippen LogP contribution >= 0.6 is 36.4 Å². The van der Waals surface area contributed by atoms with Crippen molar-refractivity contribution in [2.75, 3.05) is 18.4 Å². The second-order valence-corrected chi connectivity index (χ2v) is 7.52. The first-order valence-corrected chi connectivity index (χ1v) is 9.81. The van der Waals surface area contributed by atoms with E-state index in [2.05, 4.69) is 22.5 Å². The number of rotatable bonds is 7. The molecule has 160 valence electrons. The summed E-state index contributed by atoms with van der Waals surface area (Å²) in [4.78, 5) is 16.4. The van der Waals surface area contributed by atoms with Crippen molar-refractivity contribution in [2.24, 2.45) is 11.8 Å². The lowest BCUT2D eigenvalue weighted by molar-refractivity contribution is -0.117. The Bertz CT molecular complexity index is 756. The van der Waals surface area contributed by atoms with Crippen LogP contribution in [-0.2, 0) is 11.4 Å². The molecule has 1 saturated heterocycles. The van der Waals surface area contributed by atoms with Crippen LogP contribution in [0.25, 0.3) is 0 Å². The van der Waals surface area contributed by atoms with Crippen molar-refractivity contribution in [2.45, 2.75) is 32.8 Å². The third kappa shape index (κ3) is 8.01. The van der Waals surface area contributed by atoms with Gasteiger partial charge in [-0.2, -0.15) is 0 Å². The summed E-state index contributed by atoms with van der Waals surface area (Å²) >= 11 is 6.31. The molecule has 3 rings (SSSR count). The van der Waals surface area contributed by atoms with Gasteiger partial charge in [0.05, 0.1) is 5.02 Å². The lowest BCUT2D eigenvalue weighted by Crippen LogP contribution is -2.32. The molecule has 2 aromatic rings. The summed E-state index contributed by atoms with van der Waals surface area (Å²) in [5.41, 5.74) is 1.66. The molecular weight excluding hydrogens is 433 g/mol. The quantitative estimate of drug-likeness (QED) is 0.602. The Labute approximate surface area is 189 Å². The van der Waals surface area contributed by atoms with Crippen LogP contribution in [0.4, 0.5) is 5.69 Å². The first-order valence-electron chi connectivity index (χ1n) is 9.43. The third-order valence-corrected chi connectivity index (χ3v) is 5.32. The van der Waals surface area contributed by atoms with Crippen LogP contribution in [0.2, 0.25) is 5.02 Å². The zero-order chi connectivity index (χ0) is 19.1. The van der Waals surface area contributed by atoms with Gasteiger partial charge in [0.25, 0.3) is 0 Å². The molecule has 5 nitrogen and oxygen atoms in total. The minimum atomic E-state index is 0.